The molecule has 0 aliphatic rings. The standard InChI is InChI=1S/C11H17NO2/c1-14-8-9-2-4-10(5-3-9)11(13)6-7-12/h2-5,11,13H,6-8,12H2,1H3/t11-/m0/s1. The molecule has 78 valence electrons. The molecule has 0 spiro atoms. The molecule has 0 aliphatic heterocycles. The lowest BCUT2D eigenvalue weighted by Gasteiger charge is -2.09. The molecule has 3 N–H and O–H groups in total. The Morgan fingerprint density at radius 2 is 2.00 bits per heavy atom. The van der Waals surface area contributed by atoms with E-state index in [0.29, 0.717) is 19.6 Å². The fourth-order valence-electron chi connectivity index (χ4n) is 1.33. The Bertz CT molecular complexity index is 258. The van der Waals surface area contributed by atoms with Crippen LogP contribution in [0.3, 0.4) is 0 Å². The van der Waals surface area contributed by atoms with E-state index in [9.17, 15) is 5.11 Å². The van der Waals surface area contributed by atoms with Crippen molar-refractivity contribution in [3.8, 4) is 0 Å². The molecule has 0 fully saturated rings. The number of hydrogen-bond donors (Lipinski definition) is 2. The molecule has 1 atom stereocenters. The van der Waals surface area contributed by atoms with Crippen LogP contribution in [0.5, 0.6) is 0 Å². The van der Waals surface area contributed by atoms with Crippen LogP contribution in [0.15, 0.2) is 24.3 Å². The Balaban J connectivity index is 2.62. The van der Waals surface area contributed by atoms with Gasteiger partial charge in [-0.3, -0.25) is 0 Å². The quantitative estimate of drug-likeness (QED) is 0.742. The number of aliphatic hydroxyl groups is 1. The summed E-state index contributed by atoms with van der Waals surface area (Å²) in [5.74, 6) is 0. The molecule has 3 heteroatoms. The first-order valence-corrected chi connectivity index (χ1v) is 4.74. The molecule has 0 aromatic heterocycles. The van der Waals surface area contributed by atoms with Crippen molar-refractivity contribution >= 4 is 0 Å². The number of methoxy groups -OCH3 is 1. The van der Waals surface area contributed by atoms with Gasteiger partial charge in [-0.2, -0.15) is 0 Å². The summed E-state index contributed by atoms with van der Waals surface area (Å²) in [7, 11) is 1.66. The molecule has 0 amide bonds. The smallest absolute Gasteiger partial charge is 0.0802 e. The predicted octanol–water partition coefficient (Wildman–Crippen LogP) is 1.22. The second-order valence-corrected chi connectivity index (χ2v) is 3.27. The SMILES string of the molecule is COCc1ccc([C@@H](O)CCN)cc1. The normalized spacial score (nSPS) is 12.8. The molecule has 0 saturated heterocycles. The van der Waals surface area contributed by atoms with E-state index in [-0.39, 0.29) is 0 Å². The highest BCUT2D eigenvalue weighted by atomic mass is 16.5. The zero-order valence-electron chi connectivity index (χ0n) is 8.44. The van der Waals surface area contributed by atoms with Gasteiger partial charge in [-0.1, -0.05) is 24.3 Å². The summed E-state index contributed by atoms with van der Waals surface area (Å²) in [5.41, 5.74) is 7.38. The first-order chi connectivity index (χ1) is 6.77. The van der Waals surface area contributed by atoms with Crippen molar-refractivity contribution in [1.82, 2.24) is 0 Å². The molecule has 0 radical (unpaired) electrons. The second-order valence-electron chi connectivity index (χ2n) is 3.27. The summed E-state index contributed by atoms with van der Waals surface area (Å²) in [6.07, 6.45) is 0.153. The Morgan fingerprint density at radius 3 is 2.50 bits per heavy atom. The zero-order valence-corrected chi connectivity index (χ0v) is 8.44. The van der Waals surface area contributed by atoms with E-state index in [2.05, 4.69) is 0 Å². The molecular formula is C11H17NO2. The maximum absolute atomic E-state index is 9.63. The number of hydrogen-bond acceptors (Lipinski definition) is 3. The summed E-state index contributed by atoms with van der Waals surface area (Å²) in [4.78, 5) is 0. The van der Waals surface area contributed by atoms with Crippen LogP contribution in [0.1, 0.15) is 23.7 Å². The number of rotatable bonds is 5. The Hall–Kier alpha value is -0.900. The van der Waals surface area contributed by atoms with Crippen LogP contribution in [0.2, 0.25) is 0 Å². The number of ether oxygens (including phenoxy) is 1. The van der Waals surface area contributed by atoms with Crippen LogP contribution in [0, 0.1) is 0 Å². The third-order valence-electron chi connectivity index (χ3n) is 2.12. The van der Waals surface area contributed by atoms with E-state index in [0.717, 1.165) is 11.1 Å². The molecule has 3 nitrogen and oxygen atoms in total. The van der Waals surface area contributed by atoms with Crippen LogP contribution in [0.25, 0.3) is 0 Å². The van der Waals surface area contributed by atoms with Crippen molar-refractivity contribution in [3.05, 3.63) is 35.4 Å². The van der Waals surface area contributed by atoms with Gasteiger partial charge in [0.2, 0.25) is 0 Å². The van der Waals surface area contributed by atoms with Crippen molar-refractivity contribution < 1.29 is 9.84 Å². The Morgan fingerprint density at radius 1 is 1.36 bits per heavy atom. The van der Waals surface area contributed by atoms with Crippen LogP contribution >= 0.6 is 0 Å². The maximum Gasteiger partial charge on any atom is 0.0802 e. The van der Waals surface area contributed by atoms with Crippen LogP contribution in [0.4, 0.5) is 0 Å². The van der Waals surface area contributed by atoms with Crippen molar-refractivity contribution in [1.29, 1.82) is 0 Å². The Kier molecular flexibility index (Phi) is 4.59. The van der Waals surface area contributed by atoms with Gasteiger partial charge in [0.1, 0.15) is 0 Å². The third kappa shape index (κ3) is 3.10. The van der Waals surface area contributed by atoms with E-state index in [1.165, 1.54) is 0 Å². The molecule has 0 aliphatic carbocycles. The fourth-order valence-corrected chi connectivity index (χ4v) is 1.33. The third-order valence-corrected chi connectivity index (χ3v) is 2.12. The van der Waals surface area contributed by atoms with Gasteiger partial charge in [0.15, 0.2) is 0 Å². The van der Waals surface area contributed by atoms with Crippen LogP contribution < -0.4 is 5.73 Å². The van der Waals surface area contributed by atoms with Gasteiger partial charge in [-0.25, -0.2) is 0 Å². The minimum atomic E-state index is -0.448. The van der Waals surface area contributed by atoms with Crippen LogP contribution in [-0.2, 0) is 11.3 Å². The number of benzene rings is 1. The van der Waals surface area contributed by atoms with Gasteiger partial charge in [0.25, 0.3) is 0 Å². The summed E-state index contributed by atoms with van der Waals surface area (Å²) in [5, 5.41) is 9.63. The molecule has 1 rings (SSSR count). The van der Waals surface area contributed by atoms with Crippen LogP contribution in [-0.4, -0.2) is 18.8 Å². The minimum Gasteiger partial charge on any atom is -0.388 e. The van der Waals surface area contributed by atoms with Crippen molar-refractivity contribution in [3.63, 3.8) is 0 Å². The van der Waals surface area contributed by atoms with Gasteiger partial charge < -0.3 is 15.6 Å². The van der Waals surface area contributed by atoms with E-state index >= 15 is 0 Å². The average Bonchev–Trinajstić information content (AvgIpc) is 2.20. The summed E-state index contributed by atoms with van der Waals surface area (Å²) < 4.78 is 4.99. The molecule has 1 aromatic carbocycles. The predicted molar refractivity (Wildman–Crippen MR) is 55.8 cm³/mol. The lowest BCUT2D eigenvalue weighted by molar-refractivity contribution is 0.169. The van der Waals surface area contributed by atoms with Crippen molar-refractivity contribution in [2.24, 2.45) is 5.73 Å². The zero-order chi connectivity index (χ0) is 10.4. The molecule has 0 bridgehead atoms. The monoisotopic (exact) mass is 195 g/mol. The highest BCUT2D eigenvalue weighted by molar-refractivity contribution is 5.23. The average molecular weight is 195 g/mol. The lowest BCUT2D eigenvalue weighted by Crippen LogP contribution is -2.06. The highest BCUT2D eigenvalue weighted by Gasteiger charge is 2.05. The van der Waals surface area contributed by atoms with Gasteiger partial charge in [0, 0.05) is 7.11 Å². The summed E-state index contributed by atoms with van der Waals surface area (Å²) >= 11 is 0. The van der Waals surface area contributed by atoms with E-state index in [1.807, 2.05) is 24.3 Å². The molecule has 1 aromatic rings. The first-order valence-electron chi connectivity index (χ1n) is 4.74. The Labute approximate surface area is 84.5 Å². The van der Waals surface area contributed by atoms with E-state index < -0.39 is 6.10 Å². The van der Waals surface area contributed by atoms with Crippen molar-refractivity contribution in [2.75, 3.05) is 13.7 Å². The largest absolute Gasteiger partial charge is 0.388 e. The van der Waals surface area contributed by atoms with Gasteiger partial charge >= 0.3 is 0 Å². The maximum atomic E-state index is 9.63. The van der Waals surface area contributed by atoms with Gasteiger partial charge in [-0.05, 0) is 24.1 Å². The molecular weight excluding hydrogens is 178 g/mol. The first kappa shape index (κ1) is 11.2. The second kappa shape index (κ2) is 5.75. The minimum absolute atomic E-state index is 0.448. The fraction of sp³-hybridized carbons (Fsp3) is 0.455. The van der Waals surface area contributed by atoms with Gasteiger partial charge in [0.05, 0.1) is 12.7 Å². The lowest BCUT2D eigenvalue weighted by atomic mass is 10.1. The highest BCUT2D eigenvalue weighted by Crippen LogP contribution is 2.16. The topological polar surface area (TPSA) is 55.5 Å². The molecule has 0 heterocycles. The van der Waals surface area contributed by atoms with Gasteiger partial charge in [-0.15, -0.1) is 0 Å². The molecule has 0 saturated carbocycles. The molecule has 0 unspecified atom stereocenters. The number of aliphatic hydroxyl groups excluding tert-OH is 1. The molecule has 14 heavy (non-hydrogen) atoms. The summed E-state index contributed by atoms with van der Waals surface area (Å²) in [6.45, 7) is 1.11. The number of nitrogens with two attached hydrogens (primary N) is 1. The summed E-state index contributed by atoms with van der Waals surface area (Å²) in [6, 6.07) is 7.74. The van der Waals surface area contributed by atoms with E-state index in [4.69, 9.17) is 10.5 Å². The van der Waals surface area contributed by atoms with E-state index in [1.54, 1.807) is 7.11 Å². The van der Waals surface area contributed by atoms with Crippen molar-refractivity contribution in [2.45, 2.75) is 19.1 Å².